The predicted molar refractivity (Wildman–Crippen MR) is 81.8 cm³/mol. The number of aliphatic carboxylic acids is 1. The Balaban J connectivity index is 2.50. The predicted octanol–water partition coefficient (Wildman–Crippen LogP) is 1.56. The average Bonchev–Trinajstić information content (AvgIpc) is 2.49. The van der Waals surface area contributed by atoms with Gasteiger partial charge in [-0.3, -0.25) is 4.79 Å². The van der Waals surface area contributed by atoms with Crippen LogP contribution in [0.1, 0.15) is 31.7 Å². The molecule has 0 saturated heterocycles. The van der Waals surface area contributed by atoms with Crippen LogP contribution in [0.3, 0.4) is 0 Å². The van der Waals surface area contributed by atoms with Gasteiger partial charge in [-0.2, -0.15) is 0 Å². The number of carboxylic acids is 1. The normalized spacial score (nSPS) is 13.4. The summed E-state index contributed by atoms with van der Waals surface area (Å²) in [5, 5.41) is 11.8. The molecular weight excluding hydrogens is 268 g/mol. The second-order valence-corrected chi connectivity index (χ2v) is 5.26. The molecule has 0 spiro atoms. The van der Waals surface area contributed by atoms with Crippen molar-refractivity contribution in [3.63, 3.8) is 0 Å². The molecule has 1 rings (SSSR count). The summed E-state index contributed by atoms with van der Waals surface area (Å²) in [5.74, 6) is -1.43. The lowest BCUT2D eigenvalue weighted by Crippen LogP contribution is -2.43. The Kier molecular flexibility index (Phi) is 7.46. The van der Waals surface area contributed by atoms with Crippen molar-refractivity contribution in [2.75, 3.05) is 6.54 Å². The largest absolute Gasteiger partial charge is 0.480 e. The van der Waals surface area contributed by atoms with E-state index in [0.29, 0.717) is 25.8 Å². The molecule has 0 heterocycles. The molecule has 2 unspecified atom stereocenters. The molecule has 5 heteroatoms. The number of hydrogen-bond acceptors (Lipinski definition) is 3. The molecule has 0 aromatic heterocycles. The molecule has 4 N–H and O–H groups in total. The number of benzene rings is 1. The van der Waals surface area contributed by atoms with Crippen molar-refractivity contribution < 1.29 is 14.7 Å². The molecule has 1 amide bonds. The third kappa shape index (κ3) is 6.40. The Bertz CT molecular complexity index is 448. The van der Waals surface area contributed by atoms with E-state index in [0.717, 1.165) is 12.0 Å². The first-order valence-electron chi connectivity index (χ1n) is 7.31. The molecule has 1 aromatic carbocycles. The van der Waals surface area contributed by atoms with Crippen LogP contribution in [0.15, 0.2) is 30.3 Å². The first-order chi connectivity index (χ1) is 10.0. The van der Waals surface area contributed by atoms with Crippen molar-refractivity contribution in [2.45, 2.75) is 38.6 Å². The summed E-state index contributed by atoms with van der Waals surface area (Å²) in [4.78, 5) is 23.2. The summed E-state index contributed by atoms with van der Waals surface area (Å²) in [7, 11) is 0. The van der Waals surface area contributed by atoms with Gasteiger partial charge in [0.2, 0.25) is 5.91 Å². The summed E-state index contributed by atoms with van der Waals surface area (Å²) >= 11 is 0. The number of amides is 1. The highest BCUT2D eigenvalue weighted by Gasteiger charge is 2.22. The van der Waals surface area contributed by atoms with Gasteiger partial charge in [0.25, 0.3) is 0 Å². The highest BCUT2D eigenvalue weighted by molar-refractivity contribution is 5.84. The average molecular weight is 292 g/mol. The maximum Gasteiger partial charge on any atom is 0.326 e. The molecule has 1 aromatic rings. The summed E-state index contributed by atoms with van der Waals surface area (Å²) < 4.78 is 0. The van der Waals surface area contributed by atoms with Crippen LogP contribution in [0.4, 0.5) is 0 Å². The molecule has 2 atom stereocenters. The Morgan fingerprint density at radius 3 is 2.48 bits per heavy atom. The van der Waals surface area contributed by atoms with E-state index in [-0.39, 0.29) is 11.8 Å². The van der Waals surface area contributed by atoms with E-state index in [4.69, 9.17) is 5.73 Å². The van der Waals surface area contributed by atoms with Gasteiger partial charge >= 0.3 is 5.97 Å². The smallest absolute Gasteiger partial charge is 0.326 e. The molecule has 21 heavy (non-hydrogen) atoms. The van der Waals surface area contributed by atoms with E-state index in [2.05, 4.69) is 5.32 Å². The number of nitrogens with two attached hydrogens (primary N) is 1. The monoisotopic (exact) mass is 292 g/mol. The van der Waals surface area contributed by atoms with Gasteiger partial charge in [-0.15, -0.1) is 0 Å². The molecule has 0 aliphatic carbocycles. The Morgan fingerprint density at radius 2 is 1.90 bits per heavy atom. The van der Waals surface area contributed by atoms with E-state index < -0.39 is 12.0 Å². The van der Waals surface area contributed by atoms with Crippen LogP contribution in [0.5, 0.6) is 0 Å². The van der Waals surface area contributed by atoms with Crippen LogP contribution in [0.25, 0.3) is 0 Å². The third-order valence-corrected chi connectivity index (χ3v) is 3.47. The van der Waals surface area contributed by atoms with Crippen LogP contribution in [0, 0.1) is 5.92 Å². The van der Waals surface area contributed by atoms with Gasteiger partial charge in [-0.1, -0.05) is 37.3 Å². The van der Waals surface area contributed by atoms with Gasteiger partial charge in [0, 0.05) is 5.92 Å². The SMILES string of the molecule is CC(CCCN)C(=O)NC(CCc1ccccc1)C(=O)O. The topological polar surface area (TPSA) is 92.4 Å². The van der Waals surface area contributed by atoms with Crippen LogP contribution >= 0.6 is 0 Å². The lowest BCUT2D eigenvalue weighted by Gasteiger charge is -2.17. The molecule has 0 bridgehead atoms. The van der Waals surface area contributed by atoms with E-state index in [1.165, 1.54) is 0 Å². The van der Waals surface area contributed by atoms with Crippen LogP contribution in [-0.2, 0) is 16.0 Å². The van der Waals surface area contributed by atoms with Gasteiger partial charge in [0.05, 0.1) is 0 Å². The Hall–Kier alpha value is -1.88. The van der Waals surface area contributed by atoms with E-state index >= 15 is 0 Å². The molecule has 0 saturated carbocycles. The highest BCUT2D eigenvalue weighted by atomic mass is 16.4. The number of hydrogen-bond donors (Lipinski definition) is 3. The van der Waals surface area contributed by atoms with E-state index in [1.807, 2.05) is 30.3 Å². The highest BCUT2D eigenvalue weighted by Crippen LogP contribution is 2.08. The number of aryl methyl sites for hydroxylation is 1. The molecule has 0 radical (unpaired) electrons. The van der Waals surface area contributed by atoms with Crippen molar-refractivity contribution in [3.05, 3.63) is 35.9 Å². The second kappa shape index (κ2) is 9.13. The number of carbonyl (C=O) groups is 2. The minimum atomic E-state index is -0.995. The zero-order chi connectivity index (χ0) is 15.7. The fraction of sp³-hybridized carbons (Fsp3) is 0.500. The summed E-state index contributed by atoms with van der Waals surface area (Å²) in [6.45, 7) is 2.33. The minimum Gasteiger partial charge on any atom is -0.480 e. The number of carbonyl (C=O) groups excluding carboxylic acids is 1. The zero-order valence-electron chi connectivity index (χ0n) is 12.4. The van der Waals surface area contributed by atoms with Gasteiger partial charge in [0.15, 0.2) is 0 Å². The zero-order valence-corrected chi connectivity index (χ0v) is 12.4. The van der Waals surface area contributed by atoms with Crippen LogP contribution in [-0.4, -0.2) is 29.6 Å². The second-order valence-electron chi connectivity index (χ2n) is 5.26. The van der Waals surface area contributed by atoms with Crippen molar-refractivity contribution >= 4 is 11.9 Å². The van der Waals surface area contributed by atoms with E-state index in [1.54, 1.807) is 6.92 Å². The number of rotatable bonds is 9. The molecule has 116 valence electrons. The lowest BCUT2D eigenvalue weighted by atomic mass is 10.0. The van der Waals surface area contributed by atoms with Gasteiger partial charge in [-0.05, 0) is 37.8 Å². The Morgan fingerprint density at radius 1 is 1.24 bits per heavy atom. The van der Waals surface area contributed by atoms with Crippen LogP contribution in [0.2, 0.25) is 0 Å². The van der Waals surface area contributed by atoms with Crippen molar-refractivity contribution in [1.82, 2.24) is 5.32 Å². The number of nitrogens with one attached hydrogen (secondary N) is 1. The standard InChI is InChI=1S/C16H24N2O3/c1-12(6-5-11-17)15(19)18-14(16(20)21)10-9-13-7-3-2-4-8-13/h2-4,7-8,12,14H,5-6,9-11,17H2,1H3,(H,18,19)(H,20,21). The summed E-state index contributed by atoms with van der Waals surface area (Å²) in [6, 6.07) is 8.80. The molecule has 0 aliphatic heterocycles. The maximum absolute atomic E-state index is 12.0. The van der Waals surface area contributed by atoms with Crippen LogP contribution < -0.4 is 11.1 Å². The first kappa shape index (κ1) is 17.2. The minimum absolute atomic E-state index is 0.216. The molecular formula is C16H24N2O3. The van der Waals surface area contributed by atoms with Crippen molar-refractivity contribution in [2.24, 2.45) is 11.7 Å². The fourth-order valence-corrected chi connectivity index (χ4v) is 2.08. The summed E-state index contributed by atoms with van der Waals surface area (Å²) in [6.07, 6.45) is 2.44. The first-order valence-corrected chi connectivity index (χ1v) is 7.31. The molecule has 5 nitrogen and oxygen atoms in total. The van der Waals surface area contributed by atoms with Gasteiger partial charge < -0.3 is 16.2 Å². The van der Waals surface area contributed by atoms with Gasteiger partial charge in [-0.25, -0.2) is 4.79 Å². The summed E-state index contributed by atoms with van der Waals surface area (Å²) in [5.41, 5.74) is 6.48. The van der Waals surface area contributed by atoms with Gasteiger partial charge in [0.1, 0.15) is 6.04 Å². The maximum atomic E-state index is 12.0. The Labute approximate surface area is 125 Å². The lowest BCUT2D eigenvalue weighted by molar-refractivity contribution is -0.142. The molecule has 0 fully saturated rings. The van der Waals surface area contributed by atoms with E-state index in [9.17, 15) is 14.7 Å². The third-order valence-electron chi connectivity index (χ3n) is 3.47. The molecule has 0 aliphatic rings. The fourth-order valence-electron chi connectivity index (χ4n) is 2.08. The van der Waals surface area contributed by atoms with Crippen molar-refractivity contribution in [3.8, 4) is 0 Å². The van der Waals surface area contributed by atoms with Crippen molar-refractivity contribution in [1.29, 1.82) is 0 Å². The quantitative estimate of drug-likeness (QED) is 0.644. The number of carboxylic acid groups (broad SMARTS) is 1.